The molecule has 0 aromatic carbocycles. The molecule has 3 rings (SSSR count). The maximum Gasteiger partial charge on any atom is 0.421 e. The Hall–Kier alpha value is -1.93. The van der Waals surface area contributed by atoms with Crippen LogP contribution in [0, 0.1) is 5.41 Å². The van der Waals surface area contributed by atoms with Crippen LogP contribution < -0.4 is 0 Å². The second-order valence-corrected chi connectivity index (χ2v) is 8.35. The molecule has 3 atom stereocenters. The average molecular weight is 367 g/mol. The zero-order valence-corrected chi connectivity index (χ0v) is 16.0. The molecule has 144 valence electrons. The van der Waals surface area contributed by atoms with Gasteiger partial charge in [0.15, 0.2) is 5.79 Å². The Morgan fingerprint density at radius 1 is 1.27 bits per heavy atom. The summed E-state index contributed by atoms with van der Waals surface area (Å²) >= 11 is 0. The van der Waals surface area contributed by atoms with E-state index in [1.165, 1.54) is 7.11 Å². The monoisotopic (exact) mass is 367 g/mol. The van der Waals surface area contributed by atoms with E-state index in [0.717, 1.165) is 4.90 Å². The van der Waals surface area contributed by atoms with Gasteiger partial charge in [0, 0.05) is 12.1 Å². The largest absolute Gasteiger partial charge is 0.468 e. The highest BCUT2D eigenvalue weighted by molar-refractivity contribution is 6.03. The summed E-state index contributed by atoms with van der Waals surface area (Å²) in [6.07, 6.45) is -0.0270. The molecule has 0 spiro atoms. The molecule has 0 N–H and O–H groups in total. The summed E-state index contributed by atoms with van der Waals surface area (Å²) in [5.41, 5.74) is -1.79. The molecule has 2 heterocycles. The molecule has 2 fully saturated rings. The van der Waals surface area contributed by atoms with Crippen LogP contribution in [0.4, 0.5) is 4.79 Å². The highest BCUT2D eigenvalue weighted by atomic mass is 16.8. The summed E-state index contributed by atoms with van der Waals surface area (Å²) in [5, 5.41) is 0. The third-order valence-corrected chi connectivity index (χ3v) is 4.68. The van der Waals surface area contributed by atoms with Gasteiger partial charge in [-0.05, 0) is 47.1 Å². The van der Waals surface area contributed by atoms with E-state index in [-0.39, 0.29) is 18.5 Å². The molecular weight excluding hydrogens is 342 g/mol. The van der Waals surface area contributed by atoms with Crippen molar-refractivity contribution in [1.29, 1.82) is 0 Å². The van der Waals surface area contributed by atoms with Crippen LogP contribution in [0.5, 0.6) is 0 Å². The van der Waals surface area contributed by atoms with Crippen LogP contribution >= 0.6 is 0 Å². The molecule has 2 saturated heterocycles. The lowest BCUT2D eigenvalue weighted by molar-refractivity contribution is -0.157. The molecule has 0 aromatic heterocycles. The predicted molar refractivity (Wildman–Crippen MR) is 88.7 cm³/mol. The maximum atomic E-state index is 12.6. The van der Waals surface area contributed by atoms with E-state index in [1.54, 1.807) is 40.7 Å². The lowest BCUT2D eigenvalue weighted by Crippen LogP contribution is -2.45. The van der Waals surface area contributed by atoms with E-state index in [2.05, 4.69) is 0 Å². The van der Waals surface area contributed by atoms with Crippen molar-refractivity contribution >= 4 is 18.0 Å². The third-order valence-electron chi connectivity index (χ3n) is 4.68. The van der Waals surface area contributed by atoms with E-state index in [4.69, 9.17) is 18.9 Å². The highest BCUT2D eigenvalue weighted by Crippen LogP contribution is 2.52. The van der Waals surface area contributed by atoms with Gasteiger partial charge in [-0.15, -0.1) is 0 Å². The highest BCUT2D eigenvalue weighted by Gasteiger charge is 2.62. The SMILES string of the molecule is COC(=O)[C@]12CC(=O)N(C(=O)OC(C)(C)C)C1=C[C@H]1OC(C)(C)O[C@H]1C2. The molecule has 0 saturated carbocycles. The predicted octanol–water partition coefficient (Wildman–Crippen LogP) is 2.12. The van der Waals surface area contributed by atoms with Gasteiger partial charge in [-0.2, -0.15) is 0 Å². The zero-order chi connectivity index (χ0) is 19.5. The minimum absolute atomic E-state index is 0.169. The Balaban J connectivity index is 2.03. The average Bonchev–Trinajstić information content (AvgIpc) is 2.92. The van der Waals surface area contributed by atoms with Crippen molar-refractivity contribution in [2.45, 2.75) is 71.1 Å². The van der Waals surface area contributed by atoms with Crippen molar-refractivity contribution < 1.29 is 33.3 Å². The van der Waals surface area contributed by atoms with Crippen LogP contribution in [0.25, 0.3) is 0 Å². The molecule has 0 aromatic rings. The van der Waals surface area contributed by atoms with Crippen molar-refractivity contribution in [3.8, 4) is 0 Å². The van der Waals surface area contributed by atoms with Crippen LogP contribution in [0.15, 0.2) is 11.8 Å². The Morgan fingerprint density at radius 3 is 2.50 bits per heavy atom. The summed E-state index contributed by atoms with van der Waals surface area (Å²) in [5.74, 6) is -1.90. The summed E-state index contributed by atoms with van der Waals surface area (Å²) in [7, 11) is 1.26. The van der Waals surface area contributed by atoms with Gasteiger partial charge < -0.3 is 18.9 Å². The molecule has 0 radical (unpaired) electrons. The number of likely N-dealkylation sites (tertiary alicyclic amines) is 1. The number of methoxy groups -OCH3 is 1. The van der Waals surface area contributed by atoms with Crippen molar-refractivity contribution in [2.24, 2.45) is 5.41 Å². The number of nitrogens with zero attached hydrogens (tertiary/aromatic N) is 1. The lowest BCUT2D eigenvalue weighted by Gasteiger charge is -2.35. The van der Waals surface area contributed by atoms with Crippen molar-refractivity contribution in [3.63, 3.8) is 0 Å². The minimum atomic E-state index is -1.27. The van der Waals surface area contributed by atoms with Gasteiger partial charge in [0.1, 0.15) is 17.1 Å². The number of rotatable bonds is 1. The Kier molecular flexibility index (Phi) is 4.19. The molecule has 2 amide bonds. The first-order chi connectivity index (χ1) is 11.9. The quantitative estimate of drug-likeness (QED) is 0.656. The Labute approximate surface area is 152 Å². The topological polar surface area (TPSA) is 91.4 Å². The Morgan fingerprint density at radius 2 is 1.92 bits per heavy atom. The zero-order valence-electron chi connectivity index (χ0n) is 16.0. The molecule has 8 heteroatoms. The van der Waals surface area contributed by atoms with Gasteiger partial charge in [0.2, 0.25) is 5.91 Å². The fourth-order valence-corrected chi connectivity index (χ4v) is 3.81. The number of hydrogen-bond acceptors (Lipinski definition) is 7. The maximum absolute atomic E-state index is 12.6. The second kappa shape index (κ2) is 5.79. The number of fused-ring (bicyclic) bond motifs is 2. The smallest absolute Gasteiger partial charge is 0.421 e. The molecule has 0 unspecified atom stereocenters. The van der Waals surface area contributed by atoms with Crippen molar-refractivity contribution in [3.05, 3.63) is 11.8 Å². The fourth-order valence-electron chi connectivity index (χ4n) is 3.81. The number of hydrogen-bond donors (Lipinski definition) is 0. The van der Waals surface area contributed by atoms with Crippen LogP contribution in [0.1, 0.15) is 47.5 Å². The molecular formula is C18H25NO7. The lowest BCUT2D eigenvalue weighted by atomic mass is 9.73. The minimum Gasteiger partial charge on any atom is -0.468 e. The molecule has 26 heavy (non-hydrogen) atoms. The van der Waals surface area contributed by atoms with E-state index in [0.29, 0.717) is 0 Å². The van der Waals surface area contributed by atoms with E-state index >= 15 is 0 Å². The standard InChI is InChI=1S/C18H25NO7/c1-16(2,3)26-15(22)19-12-7-10-11(25-17(4,5)24-10)8-18(12,9-13(19)20)14(21)23-6/h7,10-11H,8-9H2,1-6H3/t10-,11+,18-/m1/s1. The Bertz CT molecular complexity index is 690. The first-order valence-corrected chi connectivity index (χ1v) is 8.61. The number of esters is 1. The van der Waals surface area contributed by atoms with Gasteiger partial charge >= 0.3 is 12.1 Å². The van der Waals surface area contributed by atoms with Gasteiger partial charge in [0.25, 0.3) is 0 Å². The van der Waals surface area contributed by atoms with Crippen molar-refractivity contribution in [1.82, 2.24) is 4.90 Å². The summed E-state index contributed by atoms with van der Waals surface area (Å²) in [6, 6.07) is 0. The molecule has 0 bridgehead atoms. The van der Waals surface area contributed by atoms with Crippen LogP contribution in [-0.2, 0) is 28.5 Å². The molecule has 1 aliphatic carbocycles. The first-order valence-electron chi connectivity index (χ1n) is 8.61. The van der Waals surface area contributed by atoms with E-state index in [1.807, 2.05) is 0 Å². The van der Waals surface area contributed by atoms with E-state index in [9.17, 15) is 14.4 Å². The van der Waals surface area contributed by atoms with Crippen LogP contribution in [0.3, 0.4) is 0 Å². The van der Waals surface area contributed by atoms with E-state index < -0.39 is 47.0 Å². The fraction of sp³-hybridized carbons (Fsp3) is 0.722. The number of carbonyl (C=O) groups excluding carboxylic acids is 3. The summed E-state index contributed by atoms with van der Waals surface area (Å²) in [4.78, 5) is 38.8. The summed E-state index contributed by atoms with van der Waals surface area (Å²) in [6.45, 7) is 8.69. The second-order valence-electron chi connectivity index (χ2n) is 8.35. The van der Waals surface area contributed by atoms with Gasteiger partial charge in [-0.1, -0.05) is 0 Å². The number of amides is 2. The van der Waals surface area contributed by atoms with Crippen LogP contribution in [0.2, 0.25) is 0 Å². The normalized spacial score (nSPS) is 32.6. The van der Waals surface area contributed by atoms with Crippen LogP contribution in [-0.4, -0.2) is 53.6 Å². The van der Waals surface area contributed by atoms with Crippen molar-refractivity contribution in [2.75, 3.05) is 7.11 Å². The number of carbonyl (C=O) groups is 3. The molecule has 3 aliphatic rings. The number of ether oxygens (including phenoxy) is 4. The van der Waals surface area contributed by atoms with Gasteiger partial charge in [0.05, 0.1) is 13.2 Å². The summed E-state index contributed by atoms with van der Waals surface area (Å²) < 4.78 is 22.0. The van der Waals surface area contributed by atoms with Gasteiger partial charge in [-0.3, -0.25) is 9.59 Å². The molecule has 2 aliphatic heterocycles. The number of imide groups is 1. The first kappa shape index (κ1) is 18.8. The van der Waals surface area contributed by atoms with Gasteiger partial charge in [-0.25, -0.2) is 9.69 Å². The molecule has 8 nitrogen and oxygen atoms in total. The third kappa shape index (κ3) is 3.01.